The van der Waals surface area contributed by atoms with Crippen molar-refractivity contribution in [3.8, 4) is 22.8 Å². The molecule has 0 saturated carbocycles. The Kier molecular flexibility index (Phi) is 42.9. The maximum atomic E-state index is 8.81. The Labute approximate surface area is 330 Å². The third kappa shape index (κ3) is 79.4. The Morgan fingerprint density at radius 3 is 0.745 bits per heavy atom. The minimum Gasteiger partial charge on any atom is -0.485 e. The zero-order valence-corrected chi connectivity index (χ0v) is 32.2. The quantitative estimate of drug-likeness (QED) is 0.0641. The summed E-state index contributed by atoms with van der Waals surface area (Å²) in [6.07, 6.45) is 7.07. The van der Waals surface area contributed by atoms with Crippen LogP contribution >= 0.6 is 0 Å². The van der Waals surface area contributed by atoms with E-state index in [4.69, 9.17) is 92.0 Å². The first-order valence-electron chi connectivity index (χ1n) is 12.6. The van der Waals surface area contributed by atoms with Gasteiger partial charge in [0, 0.05) is 41.6 Å². The minimum absolute atomic E-state index is 0. The standard InChI is InChI=1S/2C10H8N2.C3H7NO.2CH3NO2.3ClHO4.NO.Ru/c2*1-3-7-11-9(5-1)10-6-2-4-8-12-10;1-3(4)5-2;2*1-2(3)4;3*2-1(3,4)5;1-2;/h2*1-8H;4H,1-2H3;2*1H3;3*(H,2,3,4,5);;/q;;;;;;;;;+3/p-3. The van der Waals surface area contributed by atoms with E-state index in [2.05, 4.69) is 24.7 Å². The van der Waals surface area contributed by atoms with E-state index >= 15 is 0 Å². The van der Waals surface area contributed by atoms with Gasteiger partial charge in [-0.3, -0.25) is 45.6 Å². The molecular formula is C25H29Cl3N8O18Ru. The van der Waals surface area contributed by atoms with Gasteiger partial charge >= 0.3 is 19.5 Å². The van der Waals surface area contributed by atoms with Crippen LogP contribution in [0.3, 0.4) is 0 Å². The molecule has 2 radical (unpaired) electrons. The van der Waals surface area contributed by atoms with Crippen LogP contribution < -0.4 is 61.5 Å². The number of pyridine rings is 4. The van der Waals surface area contributed by atoms with Crippen molar-refractivity contribution >= 4 is 5.90 Å². The normalized spacial score (nSPS) is 9.09. The van der Waals surface area contributed by atoms with Crippen molar-refractivity contribution in [1.82, 2.24) is 25.5 Å². The van der Waals surface area contributed by atoms with E-state index in [0.717, 1.165) is 36.9 Å². The Hall–Kier alpha value is -4.52. The van der Waals surface area contributed by atoms with E-state index in [-0.39, 0.29) is 25.4 Å². The smallest absolute Gasteiger partial charge is 0.485 e. The molecule has 0 fully saturated rings. The number of nitrogens with zero attached hydrogens (tertiary/aromatic N) is 7. The number of nitrogens with one attached hydrogen (secondary N) is 1. The van der Waals surface area contributed by atoms with Gasteiger partial charge in [0.05, 0.1) is 29.9 Å². The Balaban J connectivity index is -0.000000130. The van der Waals surface area contributed by atoms with Gasteiger partial charge < -0.3 is 4.74 Å². The number of nitroso groups, excluding NO2 is 1. The van der Waals surface area contributed by atoms with E-state index in [1.54, 1.807) is 31.7 Å². The van der Waals surface area contributed by atoms with Crippen molar-refractivity contribution < 1.29 is 121 Å². The first-order valence-corrected chi connectivity index (χ1v) is 16.3. The maximum Gasteiger partial charge on any atom is 3.00 e. The fourth-order valence-electron chi connectivity index (χ4n) is 2.06. The second-order valence-corrected chi connectivity index (χ2v) is 9.90. The van der Waals surface area contributed by atoms with Crippen LogP contribution in [-0.2, 0) is 24.2 Å². The fourth-order valence-corrected chi connectivity index (χ4v) is 2.06. The molecule has 0 saturated heterocycles. The second-order valence-electron chi connectivity index (χ2n) is 7.63. The molecule has 26 nitrogen and oxygen atoms in total. The number of halogens is 3. The molecule has 1 N–H and O–H groups in total. The summed E-state index contributed by atoms with van der Waals surface area (Å²) in [5, 5.41) is 24.1. The summed E-state index contributed by atoms with van der Waals surface area (Å²) < 4.78 is 106. The van der Waals surface area contributed by atoms with Gasteiger partial charge in [0.2, 0.25) is 0 Å². The zero-order valence-electron chi connectivity index (χ0n) is 28.2. The van der Waals surface area contributed by atoms with Gasteiger partial charge in [-0.05, 0) is 48.5 Å². The van der Waals surface area contributed by atoms with Gasteiger partial charge in [-0.1, -0.05) is 24.3 Å². The van der Waals surface area contributed by atoms with Gasteiger partial charge in [-0.25, -0.2) is 55.9 Å². The maximum absolute atomic E-state index is 8.81. The first kappa shape index (κ1) is 62.5. The van der Waals surface area contributed by atoms with E-state index in [1.165, 1.54) is 7.11 Å². The number of hydrogen-bond donors (Lipinski definition) is 1. The van der Waals surface area contributed by atoms with E-state index in [1.807, 2.05) is 72.8 Å². The van der Waals surface area contributed by atoms with Crippen molar-refractivity contribution in [2.75, 3.05) is 21.2 Å². The largest absolute Gasteiger partial charge is 3.00 e. The van der Waals surface area contributed by atoms with E-state index < -0.39 is 40.6 Å². The van der Waals surface area contributed by atoms with Crippen LogP contribution in [0.15, 0.2) is 97.6 Å². The monoisotopic (exact) mass is 936 g/mol. The minimum atomic E-state index is -4.94. The number of hydrogen-bond acceptors (Lipinski definition) is 23. The molecule has 4 heterocycles. The van der Waals surface area contributed by atoms with Crippen molar-refractivity contribution in [3.63, 3.8) is 0 Å². The summed E-state index contributed by atoms with van der Waals surface area (Å²) in [6, 6.07) is 23.2. The Bertz CT molecular complexity index is 1270. The van der Waals surface area contributed by atoms with Crippen molar-refractivity contribution in [2.45, 2.75) is 6.92 Å². The third-order valence-electron chi connectivity index (χ3n) is 3.49. The van der Waals surface area contributed by atoms with Gasteiger partial charge in [-0.2, -0.15) is 0 Å². The molecule has 306 valence electrons. The molecule has 0 aliphatic heterocycles. The summed E-state index contributed by atoms with van der Waals surface area (Å²) in [7, 11) is -11.6. The van der Waals surface area contributed by atoms with Crippen LogP contribution in [0.1, 0.15) is 6.92 Å². The summed E-state index contributed by atoms with van der Waals surface area (Å²) in [4.78, 5) is 40.6. The summed E-state index contributed by atoms with van der Waals surface area (Å²) in [5.74, 6) is 0.255. The molecule has 0 amide bonds. The molecule has 0 aliphatic carbocycles. The molecule has 0 spiro atoms. The van der Waals surface area contributed by atoms with Crippen LogP contribution in [0.2, 0.25) is 0 Å². The fraction of sp³-hybridized carbons (Fsp3) is 0.160. The predicted molar refractivity (Wildman–Crippen MR) is 147 cm³/mol. The summed E-state index contributed by atoms with van der Waals surface area (Å²) >= 11 is 0. The van der Waals surface area contributed by atoms with Crippen LogP contribution in [-0.4, -0.2) is 56.9 Å². The Morgan fingerprint density at radius 2 is 0.673 bits per heavy atom. The number of methoxy groups -OCH3 is 1. The molecule has 4 rings (SSSR count). The molecule has 4 aromatic rings. The molecule has 55 heavy (non-hydrogen) atoms. The Morgan fingerprint density at radius 1 is 0.545 bits per heavy atom. The van der Waals surface area contributed by atoms with Gasteiger partial charge in [-0.15, -0.1) is 35.6 Å². The molecule has 0 atom stereocenters. The molecule has 0 aliphatic rings. The molecule has 0 bridgehead atoms. The zero-order chi connectivity index (χ0) is 43.4. The van der Waals surface area contributed by atoms with Gasteiger partial charge in [0.25, 0.3) is 0 Å². The third-order valence-corrected chi connectivity index (χ3v) is 3.49. The summed E-state index contributed by atoms with van der Waals surface area (Å²) in [5.41, 5.74) is 9.41. The van der Waals surface area contributed by atoms with Crippen LogP contribution in [0, 0.1) is 61.3 Å². The number of ether oxygens (including phenoxy) is 1. The van der Waals surface area contributed by atoms with Crippen LogP contribution in [0.5, 0.6) is 0 Å². The number of nitro groups is 2. The van der Waals surface area contributed by atoms with Gasteiger partial charge in [0.1, 0.15) is 5.59 Å². The average Bonchev–Trinajstić information content (AvgIpc) is 3.05. The van der Waals surface area contributed by atoms with Crippen molar-refractivity contribution in [2.24, 2.45) is 0 Å². The molecule has 4 aromatic heterocycles. The molecular weight excluding hydrogens is 908 g/mol. The van der Waals surface area contributed by atoms with E-state index in [0.29, 0.717) is 0 Å². The first-order chi connectivity index (χ1) is 24.7. The topological polar surface area (TPSA) is 487 Å². The van der Waals surface area contributed by atoms with Crippen LogP contribution in [0.25, 0.3) is 22.8 Å². The van der Waals surface area contributed by atoms with Crippen molar-refractivity contribution in [3.05, 3.63) is 123 Å². The van der Waals surface area contributed by atoms with Gasteiger partial charge in [0.15, 0.2) is 20.0 Å². The average molecular weight is 937 g/mol. The summed E-state index contributed by atoms with van der Waals surface area (Å²) in [6.45, 7) is 1.58. The molecule has 0 unspecified atom stereocenters. The van der Waals surface area contributed by atoms with Crippen molar-refractivity contribution in [1.29, 1.82) is 5.41 Å². The van der Waals surface area contributed by atoms with Crippen LogP contribution in [0.4, 0.5) is 0 Å². The number of aromatic nitrogens is 4. The molecule has 0 aromatic carbocycles. The molecule has 30 heteroatoms. The SMILES string of the molecule is COC(C)=N.C[N+](=O)[O-].C[N+](=O)[O-].[N]=O.[O-][Cl+3]([O-])([O-])[O-].[O-][Cl+3]([O-])([O-])[O-].[O-][Cl+3]([O-])([O-])[O-].[Ru+3].c1ccc(-c2ccccn2)nc1.c1ccc(-c2ccccn2)nc1. The number of rotatable bonds is 2. The van der Waals surface area contributed by atoms with E-state index in [9.17, 15) is 0 Å². The second kappa shape index (κ2) is 37.8. The predicted octanol–water partition coefficient (Wildman–Crippen LogP) is -10.0.